The van der Waals surface area contributed by atoms with Crippen molar-refractivity contribution < 1.29 is 52.4 Å². The van der Waals surface area contributed by atoms with E-state index in [0.717, 1.165) is 0 Å². The average Bonchev–Trinajstić information content (AvgIpc) is 3.16. The molecule has 0 N–H and O–H groups in total. The summed E-state index contributed by atoms with van der Waals surface area (Å²) < 4.78 is 37.3. The lowest BCUT2D eigenvalue weighted by atomic mass is 9.47. The van der Waals surface area contributed by atoms with E-state index in [2.05, 4.69) is 0 Å². The van der Waals surface area contributed by atoms with Crippen LogP contribution in [-0.2, 0) is 42.8 Å². The summed E-state index contributed by atoms with van der Waals surface area (Å²) in [5.41, 5.74) is -3.65. The predicted molar refractivity (Wildman–Crippen MR) is 161 cm³/mol. The topological polar surface area (TPSA) is 141 Å². The van der Waals surface area contributed by atoms with E-state index >= 15 is 0 Å². The summed E-state index contributed by atoms with van der Waals surface area (Å²) in [5, 5.41) is 0. The molecule has 8 atom stereocenters. The lowest BCUT2D eigenvalue weighted by molar-refractivity contribution is -0.318. The average molecular weight is 637 g/mol. The van der Waals surface area contributed by atoms with Gasteiger partial charge in [-0.2, -0.15) is 0 Å². The number of ether oxygens (including phenoxy) is 6. The first kappa shape index (κ1) is 33.1. The van der Waals surface area contributed by atoms with Crippen molar-refractivity contribution in [3.8, 4) is 0 Å². The summed E-state index contributed by atoms with van der Waals surface area (Å²) in [7, 11) is 0. The van der Waals surface area contributed by atoms with Crippen molar-refractivity contribution in [2.75, 3.05) is 6.61 Å². The van der Waals surface area contributed by atoms with Crippen LogP contribution in [-0.4, -0.2) is 72.1 Å². The summed E-state index contributed by atoms with van der Waals surface area (Å²) >= 11 is 0. The number of fused-ring (bicyclic) bond motifs is 1. The van der Waals surface area contributed by atoms with Crippen LogP contribution in [0.3, 0.4) is 0 Å². The maximum absolute atomic E-state index is 13.8. The van der Waals surface area contributed by atoms with Crippen LogP contribution in [0.5, 0.6) is 0 Å². The van der Waals surface area contributed by atoms with Gasteiger partial charge in [-0.1, -0.05) is 43.3 Å². The van der Waals surface area contributed by atoms with Crippen LogP contribution in [0.15, 0.2) is 60.7 Å². The molecule has 2 saturated carbocycles. The smallest absolute Gasteiger partial charge is 0.338 e. The zero-order valence-electron chi connectivity index (χ0n) is 26.8. The number of benzene rings is 2. The second-order valence-electron chi connectivity index (χ2n) is 12.9. The highest BCUT2D eigenvalue weighted by Gasteiger charge is 2.82. The fourth-order valence-electron chi connectivity index (χ4n) is 8.00. The van der Waals surface area contributed by atoms with Crippen molar-refractivity contribution in [2.45, 2.75) is 90.0 Å². The van der Waals surface area contributed by atoms with Crippen molar-refractivity contribution in [2.24, 2.45) is 17.3 Å². The van der Waals surface area contributed by atoms with Crippen molar-refractivity contribution in [3.63, 3.8) is 0 Å². The minimum absolute atomic E-state index is 0.0887. The van der Waals surface area contributed by atoms with Crippen molar-refractivity contribution in [1.82, 2.24) is 0 Å². The molecular formula is C35H40O11. The molecule has 3 aliphatic rings. The Morgan fingerprint density at radius 3 is 1.78 bits per heavy atom. The zero-order valence-corrected chi connectivity index (χ0v) is 26.8. The fraction of sp³-hybridized carbons (Fsp3) is 0.514. The van der Waals surface area contributed by atoms with Gasteiger partial charge in [0.05, 0.1) is 16.7 Å². The molecule has 1 aliphatic heterocycles. The van der Waals surface area contributed by atoms with Gasteiger partial charge in [0.25, 0.3) is 0 Å². The molecule has 11 nitrogen and oxygen atoms in total. The van der Waals surface area contributed by atoms with Crippen LogP contribution in [0.4, 0.5) is 0 Å². The Morgan fingerprint density at radius 2 is 1.24 bits per heavy atom. The quantitative estimate of drug-likeness (QED) is 0.300. The van der Waals surface area contributed by atoms with E-state index in [1.807, 2.05) is 20.8 Å². The fourth-order valence-corrected chi connectivity index (χ4v) is 8.00. The van der Waals surface area contributed by atoms with E-state index in [1.54, 1.807) is 60.7 Å². The summed E-state index contributed by atoms with van der Waals surface area (Å²) in [6.07, 6.45) is -4.19. The number of carbonyl (C=O) groups is 5. The Morgan fingerprint density at radius 1 is 0.717 bits per heavy atom. The molecule has 0 aromatic heterocycles. The third kappa shape index (κ3) is 5.65. The van der Waals surface area contributed by atoms with Crippen molar-refractivity contribution in [3.05, 3.63) is 71.8 Å². The molecule has 2 aromatic rings. The minimum Gasteiger partial charge on any atom is -0.461 e. The van der Waals surface area contributed by atoms with Crippen LogP contribution >= 0.6 is 0 Å². The molecule has 2 bridgehead atoms. The minimum atomic E-state index is -1.71. The summed E-state index contributed by atoms with van der Waals surface area (Å²) in [6, 6.07) is 16.7. The first-order valence-corrected chi connectivity index (χ1v) is 15.4. The Hall–Kier alpha value is -4.25. The number of hydrogen-bond donors (Lipinski definition) is 0. The summed E-state index contributed by atoms with van der Waals surface area (Å²) in [5.74, 6) is -4.29. The first-order valence-electron chi connectivity index (χ1n) is 15.4. The molecule has 2 aromatic carbocycles. The van der Waals surface area contributed by atoms with Gasteiger partial charge in [-0.25, -0.2) is 9.59 Å². The molecule has 2 aliphatic carbocycles. The van der Waals surface area contributed by atoms with Gasteiger partial charge < -0.3 is 28.4 Å². The summed E-state index contributed by atoms with van der Waals surface area (Å²) in [6.45, 7) is 8.81. The molecule has 0 unspecified atom stereocenters. The van der Waals surface area contributed by atoms with Crippen LogP contribution < -0.4 is 0 Å². The van der Waals surface area contributed by atoms with Gasteiger partial charge >= 0.3 is 29.8 Å². The molecule has 246 valence electrons. The highest BCUT2D eigenvalue weighted by Crippen LogP contribution is 2.68. The standard InChI is InChI=1S/C35H40O11/c1-20-17-27(42-21(2)36)30(44-23(4)38)34(19-41-31(39)24-13-9-7-10-14-24)28(45-32(40)25-15-11-8-12-16-25)18-26-29(43-22(3)37)35(20,34)46-33(26,5)6/h7-16,20,26-30H,17-19H2,1-6H3/t20-,26+,27+,28-,29-,30+,34-,35-/m0/s1. The van der Waals surface area contributed by atoms with Gasteiger partial charge in [0.15, 0.2) is 6.10 Å². The lowest BCUT2D eigenvalue weighted by Gasteiger charge is -2.63. The Bertz CT molecular complexity index is 1490. The van der Waals surface area contributed by atoms with E-state index in [4.69, 9.17) is 28.4 Å². The number of hydrogen-bond acceptors (Lipinski definition) is 11. The van der Waals surface area contributed by atoms with E-state index in [0.29, 0.717) is 0 Å². The van der Waals surface area contributed by atoms with E-state index in [1.165, 1.54) is 20.8 Å². The Labute approximate surface area is 267 Å². The first-order chi connectivity index (χ1) is 21.7. The molecule has 0 amide bonds. The molecule has 1 saturated heterocycles. The molecule has 46 heavy (non-hydrogen) atoms. The van der Waals surface area contributed by atoms with Crippen molar-refractivity contribution >= 4 is 29.8 Å². The Balaban J connectivity index is 1.76. The van der Waals surface area contributed by atoms with Gasteiger partial charge in [-0.05, 0) is 56.9 Å². The third-order valence-electron chi connectivity index (χ3n) is 9.66. The lowest BCUT2D eigenvalue weighted by Crippen LogP contribution is -2.78. The zero-order chi connectivity index (χ0) is 33.4. The predicted octanol–water partition coefficient (Wildman–Crippen LogP) is 4.46. The van der Waals surface area contributed by atoms with Gasteiger partial charge in [-0.3, -0.25) is 14.4 Å². The Kier molecular flexibility index (Phi) is 9.01. The SMILES string of the molecule is CC(=O)O[C@@H]1[C@H](OC(C)=O)C[C@H](C)[C@@]23OC(C)(C)[C@H](C[C@H](OC(=O)c4ccccc4)[C@@]12COC(=O)c1ccccc1)[C@@H]3OC(C)=O. The van der Waals surface area contributed by atoms with Crippen LogP contribution in [0.2, 0.25) is 0 Å². The van der Waals surface area contributed by atoms with Crippen molar-refractivity contribution in [1.29, 1.82) is 0 Å². The second kappa shape index (κ2) is 12.5. The van der Waals surface area contributed by atoms with E-state index in [9.17, 15) is 24.0 Å². The molecular weight excluding hydrogens is 596 g/mol. The number of rotatable bonds is 8. The highest BCUT2D eigenvalue weighted by atomic mass is 16.6. The summed E-state index contributed by atoms with van der Waals surface area (Å²) in [4.78, 5) is 65.2. The molecule has 5 rings (SSSR count). The van der Waals surface area contributed by atoms with Gasteiger partial charge in [0.1, 0.15) is 35.9 Å². The van der Waals surface area contributed by atoms with E-state index in [-0.39, 0.29) is 24.0 Å². The molecule has 1 spiro atoms. The van der Waals surface area contributed by atoms with Crippen LogP contribution in [0.1, 0.15) is 75.1 Å². The highest BCUT2D eigenvalue weighted by molar-refractivity contribution is 5.90. The number of carbonyl (C=O) groups excluding carboxylic acids is 5. The van der Waals surface area contributed by atoms with Crippen LogP contribution in [0.25, 0.3) is 0 Å². The molecule has 11 heteroatoms. The van der Waals surface area contributed by atoms with Gasteiger partial charge in [-0.15, -0.1) is 0 Å². The maximum atomic E-state index is 13.8. The van der Waals surface area contributed by atoms with Crippen LogP contribution in [0, 0.1) is 17.3 Å². The normalized spacial score (nSPS) is 32.3. The van der Waals surface area contributed by atoms with Gasteiger partial charge in [0.2, 0.25) is 0 Å². The van der Waals surface area contributed by atoms with Gasteiger partial charge in [0, 0.05) is 26.7 Å². The third-order valence-corrected chi connectivity index (χ3v) is 9.66. The second-order valence-corrected chi connectivity index (χ2v) is 12.9. The van der Waals surface area contributed by atoms with E-state index < -0.39 is 89.3 Å². The molecule has 3 fully saturated rings. The number of esters is 5. The monoisotopic (exact) mass is 636 g/mol. The maximum Gasteiger partial charge on any atom is 0.338 e. The molecule has 1 heterocycles. The largest absolute Gasteiger partial charge is 0.461 e. The molecule has 0 radical (unpaired) electrons.